The summed E-state index contributed by atoms with van der Waals surface area (Å²) < 4.78 is 5.06. The summed E-state index contributed by atoms with van der Waals surface area (Å²) in [7, 11) is 0. The van der Waals surface area contributed by atoms with Crippen LogP contribution in [-0.4, -0.2) is 30.1 Å². The van der Waals surface area contributed by atoms with Gasteiger partial charge in [-0.3, -0.25) is 14.9 Å². The third kappa shape index (κ3) is 4.80. The molecule has 4 bridgehead atoms. The van der Waals surface area contributed by atoms with Gasteiger partial charge in [-0.15, -0.1) is 0 Å². The average molecular weight is 399 g/mol. The van der Waals surface area contributed by atoms with Crippen LogP contribution in [0.2, 0.25) is 0 Å². The Morgan fingerprint density at radius 1 is 1.03 bits per heavy atom. The molecule has 6 heteroatoms. The van der Waals surface area contributed by atoms with E-state index in [1.807, 2.05) is 37.3 Å². The quantitative estimate of drug-likeness (QED) is 0.718. The van der Waals surface area contributed by atoms with Gasteiger partial charge in [0.05, 0.1) is 6.42 Å². The molecular formula is C23H30N2O4. The molecule has 0 heterocycles. The number of urea groups is 1. The molecule has 0 saturated heterocycles. The van der Waals surface area contributed by atoms with Gasteiger partial charge in [0, 0.05) is 5.54 Å². The summed E-state index contributed by atoms with van der Waals surface area (Å²) in [6, 6.07) is 9.22. The first-order valence-electron chi connectivity index (χ1n) is 10.7. The van der Waals surface area contributed by atoms with Crippen molar-refractivity contribution in [1.82, 2.24) is 10.6 Å². The van der Waals surface area contributed by atoms with E-state index in [4.69, 9.17) is 4.74 Å². The van der Waals surface area contributed by atoms with Crippen LogP contribution in [0.25, 0.3) is 0 Å². The Kier molecular flexibility index (Phi) is 5.61. The fraction of sp³-hybridized carbons (Fsp3) is 0.609. The maximum absolute atomic E-state index is 12.4. The van der Waals surface area contributed by atoms with Crippen LogP contribution in [0, 0.1) is 17.8 Å². The minimum Gasteiger partial charge on any atom is -0.456 e. The zero-order chi connectivity index (χ0) is 20.4. The smallest absolute Gasteiger partial charge is 0.321 e. The second-order valence-corrected chi connectivity index (χ2v) is 9.38. The molecular weight excluding hydrogens is 368 g/mol. The predicted octanol–water partition coefficient (Wildman–Crippen LogP) is 3.52. The molecule has 0 aliphatic heterocycles. The molecule has 1 aromatic rings. The molecule has 0 spiro atoms. The highest BCUT2D eigenvalue weighted by atomic mass is 16.5. The Morgan fingerprint density at radius 3 is 2.21 bits per heavy atom. The minimum absolute atomic E-state index is 0.00569. The van der Waals surface area contributed by atoms with Crippen molar-refractivity contribution in [2.24, 2.45) is 17.8 Å². The van der Waals surface area contributed by atoms with Gasteiger partial charge in [0.25, 0.3) is 5.91 Å². The number of carbonyl (C=O) groups excluding carboxylic acids is 3. The molecule has 29 heavy (non-hydrogen) atoms. The van der Waals surface area contributed by atoms with E-state index in [1.165, 1.54) is 19.3 Å². The van der Waals surface area contributed by atoms with Crippen LogP contribution in [0.15, 0.2) is 30.3 Å². The van der Waals surface area contributed by atoms with Crippen LogP contribution in [0.1, 0.15) is 63.4 Å². The van der Waals surface area contributed by atoms with Crippen LogP contribution in [-0.2, 0) is 14.3 Å². The van der Waals surface area contributed by atoms with Crippen LogP contribution in [0.4, 0.5) is 4.79 Å². The molecule has 0 radical (unpaired) electrons. The molecule has 1 atom stereocenters. The van der Waals surface area contributed by atoms with E-state index in [1.54, 1.807) is 0 Å². The van der Waals surface area contributed by atoms with E-state index >= 15 is 0 Å². The number of carbonyl (C=O) groups is 3. The van der Waals surface area contributed by atoms with E-state index < -0.39 is 24.5 Å². The van der Waals surface area contributed by atoms with E-state index in [-0.39, 0.29) is 17.9 Å². The maximum atomic E-state index is 12.4. The van der Waals surface area contributed by atoms with Gasteiger partial charge in [0.1, 0.15) is 0 Å². The molecule has 1 aromatic carbocycles. The van der Waals surface area contributed by atoms with Crippen molar-refractivity contribution in [2.45, 2.75) is 63.3 Å². The van der Waals surface area contributed by atoms with Crippen LogP contribution < -0.4 is 10.6 Å². The van der Waals surface area contributed by atoms with Gasteiger partial charge >= 0.3 is 12.0 Å². The molecule has 6 nitrogen and oxygen atoms in total. The highest BCUT2D eigenvalue weighted by Gasteiger charge is 2.51. The van der Waals surface area contributed by atoms with Crippen molar-refractivity contribution in [3.05, 3.63) is 35.9 Å². The van der Waals surface area contributed by atoms with Crippen LogP contribution >= 0.6 is 0 Å². The number of hydrogen-bond acceptors (Lipinski definition) is 4. The number of imide groups is 1. The number of amides is 3. The normalized spacial score (nSPS) is 30.4. The van der Waals surface area contributed by atoms with Crippen molar-refractivity contribution in [3.8, 4) is 0 Å². The number of benzene rings is 1. The Morgan fingerprint density at radius 2 is 1.62 bits per heavy atom. The Bertz CT molecular complexity index is 741. The van der Waals surface area contributed by atoms with Gasteiger partial charge in [-0.2, -0.15) is 0 Å². The van der Waals surface area contributed by atoms with Crippen molar-refractivity contribution in [3.63, 3.8) is 0 Å². The number of esters is 1. The second kappa shape index (κ2) is 8.17. The lowest BCUT2D eigenvalue weighted by Gasteiger charge is -2.56. The van der Waals surface area contributed by atoms with Gasteiger partial charge in [0.15, 0.2) is 6.61 Å². The third-order valence-corrected chi connectivity index (χ3v) is 6.88. The molecule has 1 unspecified atom stereocenters. The molecule has 3 amide bonds. The van der Waals surface area contributed by atoms with Gasteiger partial charge < -0.3 is 10.1 Å². The summed E-state index contributed by atoms with van der Waals surface area (Å²) >= 11 is 0. The lowest BCUT2D eigenvalue weighted by Crippen LogP contribution is -2.62. The largest absolute Gasteiger partial charge is 0.456 e. The Balaban J connectivity index is 1.20. The fourth-order valence-corrected chi connectivity index (χ4v) is 6.05. The van der Waals surface area contributed by atoms with Crippen molar-refractivity contribution >= 4 is 17.9 Å². The number of hydrogen-bond donors (Lipinski definition) is 2. The van der Waals surface area contributed by atoms with E-state index in [2.05, 4.69) is 10.6 Å². The predicted molar refractivity (Wildman–Crippen MR) is 108 cm³/mol. The molecule has 4 aliphatic carbocycles. The first-order chi connectivity index (χ1) is 13.9. The summed E-state index contributed by atoms with van der Waals surface area (Å²) in [4.78, 5) is 36.4. The lowest BCUT2D eigenvalue weighted by molar-refractivity contribution is -0.148. The van der Waals surface area contributed by atoms with Gasteiger partial charge in [-0.25, -0.2) is 4.79 Å². The standard InChI is InChI=1S/C23H30N2O4/c1-15(19-5-3-2-4-6-19)7-21(27)29-14-20(26)24-22(28)25-23-11-16-8-17(12-23)10-18(9-16)13-23/h2-6,15-18H,7-14H2,1H3,(H2,24,25,26,28). The first kappa shape index (κ1) is 19.9. The fourth-order valence-electron chi connectivity index (χ4n) is 6.05. The molecule has 5 rings (SSSR count). The summed E-state index contributed by atoms with van der Waals surface area (Å²) in [5.41, 5.74) is 0.893. The third-order valence-electron chi connectivity index (χ3n) is 6.88. The molecule has 4 aliphatic rings. The number of rotatable bonds is 6. The molecule has 156 valence electrons. The Hall–Kier alpha value is -2.37. The van der Waals surface area contributed by atoms with Gasteiger partial charge in [0.2, 0.25) is 0 Å². The summed E-state index contributed by atoms with van der Waals surface area (Å²) in [6.07, 6.45) is 7.13. The number of ether oxygens (including phenoxy) is 1. The van der Waals surface area contributed by atoms with E-state index in [0.29, 0.717) is 17.8 Å². The summed E-state index contributed by atoms with van der Waals surface area (Å²) in [5, 5.41) is 5.41. The topological polar surface area (TPSA) is 84.5 Å². The second-order valence-electron chi connectivity index (χ2n) is 9.38. The zero-order valence-electron chi connectivity index (χ0n) is 17.0. The number of nitrogens with one attached hydrogen (secondary N) is 2. The van der Waals surface area contributed by atoms with Gasteiger partial charge in [-0.1, -0.05) is 37.3 Å². The van der Waals surface area contributed by atoms with Crippen LogP contribution in [0.5, 0.6) is 0 Å². The minimum atomic E-state index is -0.590. The van der Waals surface area contributed by atoms with E-state index in [0.717, 1.165) is 24.8 Å². The average Bonchev–Trinajstić information content (AvgIpc) is 2.65. The van der Waals surface area contributed by atoms with Crippen molar-refractivity contribution in [2.75, 3.05) is 6.61 Å². The highest BCUT2D eigenvalue weighted by Crippen LogP contribution is 2.55. The van der Waals surface area contributed by atoms with Crippen LogP contribution in [0.3, 0.4) is 0 Å². The Labute approximate surface area is 171 Å². The van der Waals surface area contributed by atoms with Crippen molar-refractivity contribution < 1.29 is 19.1 Å². The summed E-state index contributed by atoms with van der Waals surface area (Å²) in [6.45, 7) is 1.50. The summed E-state index contributed by atoms with van der Waals surface area (Å²) in [5.74, 6) is 1.11. The molecule has 0 aromatic heterocycles. The van der Waals surface area contributed by atoms with Gasteiger partial charge in [-0.05, 0) is 67.8 Å². The SMILES string of the molecule is CC(CC(=O)OCC(=O)NC(=O)NC12CC3CC(CC(C3)C1)C2)c1ccccc1. The van der Waals surface area contributed by atoms with E-state index in [9.17, 15) is 14.4 Å². The first-order valence-corrected chi connectivity index (χ1v) is 10.7. The lowest BCUT2D eigenvalue weighted by atomic mass is 9.53. The molecule has 4 fully saturated rings. The van der Waals surface area contributed by atoms with Crippen molar-refractivity contribution in [1.29, 1.82) is 0 Å². The molecule has 2 N–H and O–H groups in total. The zero-order valence-corrected chi connectivity index (χ0v) is 17.0. The maximum Gasteiger partial charge on any atom is 0.321 e. The highest BCUT2D eigenvalue weighted by molar-refractivity contribution is 5.95. The monoisotopic (exact) mass is 398 g/mol. The molecule has 4 saturated carbocycles.